The highest BCUT2D eigenvalue weighted by Gasteiger charge is 2.28. The molecule has 0 radical (unpaired) electrons. The van der Waals surface area contributed by atoms with E-state index in [2.05, 4.69) is 18.0 Å². The van der Waals surface area contributed by atoms with Crippen LogP contribution in [-0.2, 0) is 16.3 Å². The highest BCUT2D eigenvalue weighted by atomic mass is 32.2. The second kappa shape index (κ2) is 11.0. The van der Waals surface area contributed by atoms with E-state index < -0.39 is 9.84 Å². The molecule has 1 atom stereocenters. The molecule has 1 unspecified atom stereocenters. The number of aromatic nitrogens is 1. The summed E-state index contributed by atoms with van der Waals surface area (Å²) in [5, 5.41) is -0.198. The lowest BCUT2D eigenvalue weighted by molar-refractivity contribution is 0.278. The molecule has 1 saturated carbocycles. The quantitative estimate of drug-likeness (QED) is 0.482. The molecule has 0 saturated heterocycles. The standard InChI is InChI=1S/C22H37NO3S/c1-4-6-15-26-22-14-13-20(16-23-22)10-7-19-8-11-21(12-9-19)17-27(24,25)18(3)5-2/h13-14,16,18-19,21H,4-12,15,17H2,1-3H3. The first-order chi connectivity index (χ1) is 12.9. The molecule has 0 bridgehead atoms. The van der Waals surface area contributed by atoms with Gasteiger partial charge in [0.15, 0.2) is 9.84 Å². The average molecular weight is 396 g/mol. The molecule has 2 rings (SSSR count). The number of pyridine rings is 1. The molecule has 5 heteroatoms. The maximum Gasteiger partial charge on any atom is 0.213 e. The Balaban J connectivity index is 1.70. The fraction of sp³-hybridized carbons (Fsp3) is 0.773. The maximum absolute atomic E-state index is 12.3. The highest BCUT2D eigenvalue weighted by molar-refractivity contribution is 7.92. The molecule has 0 aromatic carbocycles. The molecule has 1 aromatic heterocycles. The van der Waals surface area contributed by atoms with Crippen LogP contribution in [0.5, 0.6) is 5.88 Å². The van der Waals surface area contributed by atoms with Crippen LogP contribution in [0, 0.1) is 11.8 Å². The van der Waals surface area contributed by atoms with Crippen LogP contribution in [-0.4, -0.2) is 31.0 Å². The van der Waals surface area contributed by atoms with E-state index in [1.54, 1.807) is 0 Å². The Kier molecular flexibility index (Phi) is 9.07. The van der Waals surface area contributed by atoms with Gasteiger partial charge in [0.25, 0.3) is 0 Å². The van der Waals surface area contributed by atoms with Crippen molar-refractivity contribution in [3.05, 3.63) is 23.9 Å². The summed E-state index contributed by atoms with van der Waals surface area (Å²) in [5.74, 6) is 2.18. The summed E-state index contributed by atoms with van der Waals surface area (Å²) >= 11 is 0. The maximum atomic E-state index is 12.3. The zero-order valence-corrected chi connectivity index (χ0v) is 18.1. The van der Waals surface area contributed by atoms with Crippen LogP contribution in [0.1, 0.15) is 77.7 Å². The fourth-order valence-electron chi connectivity index (χ4n) is 3.77. The van der Waals surface area contributed by atoms with Crippen LogP contribution in [0.2, 0.25) is 0 Å². The largest absolute Gasteiger partial charge is 0.478 e. The van der Waals surface area contributed by atoms with Crippen molar-refractivity contribution in [3.8, 4) is 5.88 Å². The Bertz CT molecular complexity index is 634. The topological polar surface area (TPSA) is 56.3 Å². The molecule has 1 heterocycles. The van der Waals surface area contributed by atoms with Gasteiger partial charge in [-0.05, 0) is 62.8 Å². The first-order valence-electron chi connectivity index (χ1n) is 10.7. The third-order valence-corrected chi connectivity index (χ3v) is 8.50. The van der Waals surface area contributed by atoms with Crippen LogP contribution in [0.4, 0.5) is 0 Å². The fourth-order valence-corrected chi connectivity index (χ4v) is 5.60. The van der Waals surface area contributed by atoms with Gasteiger partial charge in [-0.1, -0.05) is 39.2 Å². The van der Waals surface area contributed by atoms with E-state index in [0.717, 1.165) is 57.4 Å². The van der Waals surface area contributed by atoms with Gasteiger partial charge in [0.1, 0.15) is 0 Å². The number of aryl methyl sites for hydroxylation is 1. The van der Waals surface area contributed by atoms with Crippen molar-refractivity contribution >= 4 is 9.84 Å². The molecule has 1 aromatic rings. The van der Waals surface area contributed by atoms with Gasteiger partial charge in [-0.15, -0.1) is 0 Å². The molecule has 0 spiro atoms. The third-order valence-electron chi connectivity index (χ3n) is 6.01. The van der Waals surface area contributed by atoms with Gasteiger partial charge in [-0.2, -0.15) is 0 Å². The lowest BCUT2D eigenvalue weighted by Crippen LogP contribution is -2.27. The SMILES string of the molecule is CCCCOc1ccc(CCC2CCC(CS(=O)(=O)C(C)CC)CC2)cn1. The van der Waals surface area contributed by atoms with Gasteiger partial charge >= 0.3 is 0 Å². The monoisotopic (exact) mass is 395 g/mol. The molecular weight excluding hydrogens is 358 g/mol. The van der Waals surface area contributed by atoms with Crippen LogP contribution in [0.3, 0.4) is 0 Å². The van der Waals surface area contributed by atoms with Gasteiger partial charge in [-0.3, -0.25) is 0 Å². The predicted octanol–water partition coefficient (Wildman–Crippen LogP) is 5.21. The van der Waals surface area contributed by atoms with Gasteiger partial charge in [0.2, 0.25) is 5.88 Å². The lowest BCUT2D eigenvalue weighted by atomic mass is 9.80. The summed E-state index contributed by atoms with van der Waals surface area (Å²) in [7, 11) is -2.92. The van der Waals surface area contributed by atoms with E-state index in [1.807, 2.05) is 26.1 Å². The normalized spacial score (nSPS) is 21.7. The first-order valence-corrected chi connectivity index (χ1v) is 12.4. The first kappa shape index (κ1) is 22.2. The second-order valence-electron chi connectivity index (χ2n) is 8.18. The Labute approximate surface area is 166 Å². The summed E-state index contributed by atoms with van der Waals surface area (Å²) in [6.07, 6.45) is 11.5. The molecule has 1 aliphatic rings. The van der Waals surface area contributed by atoms with Crippen LogP contribution >= 0.6 is 0 Å². The van der Waals surface area contributed by atoms with Crippen molar-refractivity contribution in [2.45, 2.75) is 83.8 Å². The molecule has 4 nitrogen and oxygen atoms in total. The number of ether oxygens (including phenoxy) is 1. The summed E-state index contributed by atoms with van der Waals surface area (Å²) in [4.78, 5) is 4.40. The number of nitrogens with zero attached hydrogens (tertiary/aromatic N) is 1. The highest BCUT2D eigenvalue weighted by Crippen LogP contribution is 2.33. The number of hydrogen-bond acceptors (Lipinski definition) is 4. The van der Waals surface area contributed by atoms with Gasteiger partial charge in [0.05, 0.1) is 17.6 Å². The second-order valence-corrected chi connectivity index (χ2v) is 10.6. The van der Waals surface area contributed by atoms with E-state index in [4.69, 9.17) is 4.74 Å². The van der Waals surface area contributed by atoms with E-state index in [-0.39, 0.29) is 5.25 Å². The number of unbranched alkanes of at least 4 members (excludes halogenated alkanes) is 1. The van der Waals surface area contributed by atoms with Crippen LogP contribution in [0.25, 0.3) is 0 Å². The predicted molar refractivity (Wildman–Crippen MR) is 112 cm³/mol. The van der Waals surface area contributed by atoms with Crippen LogP contribution in [0.15, 0.2) is 18.3 Å². The molecule has 154 valence electrons. The minimum absolute atomic E-state index is 0.198. The molecule has 0 amide bonds. The van der Waals surface area contributed by atoms with E-state index in [0.29, 0.717) is 24.0 Å². The molecular formula is C22H37NO3S. The Hall–Kier alpha value is -1.10. The summed E-state index contributed by atoms with van der Waals surface area (Å²) < 4.78 is 30.2. The van der Waals surface area contributed by atoms with E-state index >= 15 is 0 Å². The summed E-state index contributed by atoms with van der Waals surface area (Å²) in [6.45, 7) is 6.68. The molecule has 1 aliphatic carbocycles. The molecule has 0 N–H and O–H groups in total. The summed E-state index contributed by atoms with van der Waals surface area (Å²) in [5.41, 5.74) is 1.26. The molecule has 1 fully saturated rings. The number of sulfone groups is 1. The number of rotatable bonds is 11. The van der Waals surface area contributed by atoms with Gasteiger partial charge < -0.3 is 4.74 Å². The molecule has 0 aliphatic heterocycles. The minimum atomic E-state index is -2.92. The van der Waals surface area contributed by atoms with Crippen molar-refractivity contribution < 1.29 is 13.2 Å². The van der Waals surface area contributed by atoms with Crippen molar-refractivity contribution in [1.82, 2.24) is 4.98 Å². The Morgan fingerprint density at radius 3 is 2.44 bits per heavy atom. The average Bonchev–Trinajstić information content (AvgIpc) is 2.67. The van der Waals surface area contributed by atoms with Crippen molar-refractivity contribution in [2.75, 3.05) is 12.4 Å². The Morgan fingerprint density at radius 2 is 1.85 bits per heavy atom. The zero-order valence-electron chi connectivity index (χ0n) is 17.3. The van der Waals surface area contributed by atoms with E-state index in [9.17, 15) is 8.42 Å². The van der Waals surface area contributed by atoms with E-state index in [1.165, 1.54) is 12.0 Å². The van der Waals surface area contributed by atoms with Gasteiger partial charge in [0, 0.05) is 12.3 Å². The van der Waals surface area contributed by atoms with Crippen LogP contribution < -0.4 is 4.74 Å². The summed E-state index contributed by atoms with van der Waals surface area (Å²) in [6, 6.07) is 4.10. The van der Waals surface area contributed by atoms with Gasteiger partial charge in [-0.25, -0.2) is 13.4 Å². The molecule has 27 heavy (non-hydrogen) atoms. The minimum Gasteiger partial charge on any atom is -0.478 e. The van der Waals surface area contributed by atoms with Crippen molar-refractivity contribution in [1.29, 1.82) is 0 Å². The van der Waals surface area contributed by atoms with Crippen molar-refractivity contribution in [3.63, 3.8) is 0 Å². The lowest BCUT2D eigenvalue weighted by Gasteiger charge is -2.29. The Morgan fingerprint density at radius 1 is 1.15 bits per heavy atom. The third kappa shape index (κ3) is 7.44. The zero-order chi connectivity index (χ0) is 19.7. The van der Waals surface area contributed by atoms with Crippen molar-refractivity contribution in [2.24, 2.45) is 11.8 Å². The smallest absolute Gasteiger partial charge is 0.213 e. The number of hydrogen-bond donors (Lipinski definition) is 0.